The molecule has 1 saturated heterocycles. The Morgan fingerprint density at radius 3 is 2.69 bits per heavy atom. The van der Waals surface area contributed by atoms with Crippen molar-refractivity contribution >= 4 is 17.4 Å². The highest BCUT2D eigenvalue weighted by Gasteiger charge is 2.33. The second-order valence-corrected chi connectivity index (χ2v) is 5.43. The summed E-state index contributed by atoms with van der Waals surface area (Å²) in [7, 11) is 0. The number of benzene rings is 1. The third kappa shape index (κ3) is 2.45. The van der Waals surface area contributed by atoms with Gasteiger partial charge in [0.15, 0.2) is 0 Å². The molecule has 3 heteroatoms. The summed E-state index contributed by atoms with van der Waals surface area (Å²) in [5.74, 6) is 0.300. The second-order valence-electron chi connectivity index (χ2n) is 5.02. The number of ketones is 1. The molecule has 0 amide bonds. The van der Waals surface area contributed by atoms with E-state index in [9.17, 15) is 4.79 Å². The van der Waals surface area contributed by atoms with Gasteiger partial charge in [-0.1, -0.05) is 29.8 Å². The maximum Gasteiger partial charge on any atom is 0.136 e. The lowest BCUT2D eigenvalue weighted by molar-refractivity contribution is -0.122. The molecule has 1 N–H and O–H groups in total. The Hall–Kier alpha value is -0.860. The SMILES string of the molecule is CC1(C)CC(=O)CC(c2ccccc2Cl)N1. The zero-order valence-electron chi connectivity index (χ0n) is 9.59. The van der Waals surface area contributed by atoms with Crippen molar-refractivity contribution in [1.29, 1.82) is 0 Å². The van der Waals surface area contributed by atoms with Crippen LogP contribution in [0.25, 0.3) is 0 Å². The fourth-order valence-electron chi connectivity index (χ4n) is 2.31. The molecule has 2 rings (SSSR count). The quantitative estimate of drug-likeness (QED) is 0.813. The summed E-state index contributed by atoms with van der Waals surface area (Å²) in [4.78, 5) is 11.7. The molecule has 86 valence electrons. The number of carbonyl (C=O) groups excluding carboxylic acids is 1. The molecule has 1 atom stereocenters. The molecule has 1 aliphatic rings. The van der Waals surface area contributed by atoms with Crippen LogP contribution in [0.5, 0.6) is 0 Å². The summed E-state index contributed by atoms with van der Waals surface area (Å²) in [6.07, 6.45) is 1.13. The van der Waals surface area contributed by atoms with Gasteiger partial charge in [0.25, 0.3) is 0 Å². The summed E-state index contributed by atoms with van der Waals surface area (Å²) in [6, 6.07) is 7.75. The van der Waals surface area contributed by atoms with E-state index in [1.807, 2.05) is 38.1 Å². The lowest BCUT2D eigenvalue weighted by atomic mass is 9.85. The number of nitrogens with one attached hydrogen (secondary N) is 1. The molecule has 1 aromatic carbocycles. The fourth-order valence-corrected chi connectivity index (χ4v) is 2.58. The standard InChI is InChI=1S/C13H16ClNO/c1-13(2)8-9(16)7-12(15-13)10-5-3-4-6-11(10)14/h3-6,12,15H,7-8H2,1-2H3. The molecule has 2 nitrogen and oxygen atoms in total. The first-order chi connectivity index (χ1) is 7.48. The molecule has 0 radical (unpaired) electrons. The van der Waals surface area contributed by atoms with Crippen LogP contribution in [0, 0.1) is 0 Å². The minimum atomic E-state index is -0.140. The first-order valence-electron chi connectivity index (χ1n) is 5.52. The minimum absolute atomic E-state index is 0.0462. The van der Waals surface area contributed by atoms with Crippen LogP contribution in [0.3, 0.4) is 0 Å². The van der Waals surface area contributed by atoms with Gasteiger partial charge >= 0.3 is 0 Å². The van der Waals surface area contributed by atoms with Crippen molar-refractivity contribution in [1.82, 2.24) is 5.32 Å². The largest absolute Gasteiger partial charge is 0.304 e. The summed E-state index contributed by atoms with van der Waals surface area (Å²) in [5.41, 5.74) is 0.879. The van der Waals surface area contributed by atoms with Crippen LogP contribution in [0.1, 0.15) is 38.3 Å². The molecule has 0 aliphatic carbocycles. The van der Waals surface area contributed by atoms with Gasteiger partial charge in [0.1, 0.15) is 5.78 Å². The Morgan fingerprint density at radius 1 is 1.38 bits per heavy atom. The Kier molecular flexibility index (Phi) is 3.04. The molecule has 1 heterocycles. The van der Waals surface area contributed by atoms with Crippen LogP contribution >= 0.6 is 11.6 Å². The number of halogens is 1. The third-order valence-electron chi connectivity index (χ3n) is 2.92. The summed E-state index contributed by atoms with van der Waals surface area (Å²) >= 11 is 6.15. The van der Waals surface area contributed by atoms with Crippen molar-refractivity contribution in [2.24, 2.45) is 0 Å². The van der Waals surface area contributed by atoms with Gasteiger partial charge in [0.05, 0.1) is 0 Å². The molecule has 0 spiro atoms. The molecule has 16 heavy (non-hydrogen) atoms. The molecule has 0 saturated carbocycles. The minimum Gasteiger partial charge on any atom is -0.304 e. The molecule has 1 aromatic rings. The highest BCUT2D eigenvalue weighted by Crippen LogP contribution is 2.32. The van der Waals surface area contributed by atoms with E-state index in [1.54, 1.807) is 0 Å². The van der Waals surface area contributed by atoms with Crippen LogP contribution in [-0.2, 0) is 4.79 Å². The van der Waals surface area contributed by atoms with Gasteiger partial charge < -0.3 is 5.32 Å². The molecule has 0 bridgehead atoms. The monoisotopic (exact) mass is 237 g/mol. The molecular formula is C13H16ClNO. The normalized spacial score (nSPS) is 24.4. The van der Waals surface area contributed by atoms with Gasteiger partial charge in [-0.2, -0.15) is 0 Å². The average molecular weight is 238 g/mol. The van der Waals surface area contributed by atoms with Crippen molar-refractivity contribution in [3.63, 3.8) is 0 Å². The van der Waals surface area contributed by atoms with E-state index in [4.69, 9.17) is 11.6 Å². The maximum atomic E-state index is 11.7. The van der Waals surface area contributed by atoms with Crippen LogP contribution in [0.2, 0.25) is 5.02 Å². The number of carbonyl (C=O) groups is 1. The first kappa shape index (κ1) is 11.6. The number of hydrogen-bond acceptors (Lipinski definition) is 2. The van der Waals surface area contributed by atoms with E-state index in [1.165, 1.54) is 0 Å². The van der Waals surface area contributed by atoms with Gasteiger partial charge in [-0.15, -0.1) is 0 Å². The zero-order chi connectivity index (χ0) is 11.8. The van der Waals surface area contributed by atoms with Gasteiger partial charge in [-0.3, -0.25) is 4.79 Å². The molecule has 0 aromatic heterocycles. The number of hydrogen-bond donors (Lipinski definition) is 1. The van der Waals surface area contributed by atoms with E-state index in [0.29, 0.717) is 18.6 Å². The van der Waals surface area contributed by atoms with Crippen molar-refractivity contribution in [2.75, 3.05) is 0 Å². The van der Waals surface area contributed by atoms with E-state index < -0.39 is 0 Å². The van der Waals surface area contributed by atoms with Gasteiger partial charge in [0.2, 0.25) is 0 Å². The first-order valence-corrected chi connectivity index (χ1v) is 5.89. The Morgan fingerprint density at radius 2 is 2.06 bits per heavy atom. The number of rotatable bonds is 1. The number of piperidine rings is 1. The molecular weight excluding hydrogens is 222 g/mol. The topological polar surface area (TPSA) is 29.1 Å². The van der Waals surface area contributed by atoms with Crippen LogP contribution in [0.4, 0.5) is 0 Å². The third-order valence-corrected chi connectivity index (χ3v) is 3.26. The second kappa shape index (κ2) is 4.19. The predicted molar refractivity (Wildman–Crippen MR) is 65.6 cm³/mol. The lowest BCUT2D eigenvalue weighted by Gasteiger charge is -2.36. The Balaban J connectivity index is 2.28. The maximum absolute atomic E-state index is 11.7. The smallest absolute Gasteiger partial charge is 0.136 e. The van der Waals surface area contributed by atoms with Crippen molar-refractivity contribution in [2.45, 2.75) is 38.3 Å². The van der Waals surface area contributed by atoms with E-state index >= 15 is 0 Å². The highest BCUT2D eigenvalue weighted by atomic mass is 35.5. The fraction of sp³-hybridized carbons (Fsp3) is 0.462. The van der Waals surface area contributed by atoms with Crippen molar-refractivity contribution < 1.29 is 4.79 Å². The van der Waals surface area contributed by atoms with Gasteiger partial charge in [-0.25, -0.2) is 0 Å². The van der Waals surface area contributed by atoms with Gasteiger partial charge in [0, 0.05) is 29.4 Å². The van der Waals surface area contributed by atoms with E-state index in [2.05, 4.69) is 5.32 Å². The Bertz CT molecular complexity index is 414. The highest BCUT2D eigenvalue weighted by molar-refractivity contribution is 6.31. The van der Waals surface area contributed by atoms with Crippen molar-refractivity contribution in [3.05, 3.63) is 34.9 Å². The van der Waals surface area contributed by atoms with Crippen LogP contribution in [0.15, 0.2) is 24.3 Å². The van der Waals surface area contributed by atoms with Crippen LogP contribution < -0.4 is 5.32 Å². The predicted octanol–water partition coefficient (Wildman–Crippen LogP) is 3.11. The van der Waals surface area contributed by atoms with E-state index in [0.717, 1.165) is 10.6 Å². The lowest BCUT2D eigenvalue weighted by Crippen LogP contribution is -2.48. The van der Waals surface area contributed by atoms with Crippen LogP contribution in [-0.4, -0.2) is 11.3 Å². The zero-order valence-corrected chi connectivity index (χ0v) is 10.3. The molecule has 1 fully saturated rings. The van der Waals surface area contributed by atoms with E-state index in [-0.39, 0.29) is 11.6 Å². The molecule has 1 unspecified atom stereocenters. The van der Waals surface area contributed by atoms with Crippen molar-refractivity contribution in [3.8, 4) is 0 Å². The Labute approximate surface area is 101 Å². The summed E-state index contributed by atoms with van der Waals surface area (Å²) in [6.45, 7) is 4.10. The molecule has 1 aliphatic heterocycles. The number of Topliss-reactive ketones (excluding diaryl/α,β-unsaturated/α-hetero) is 1. The average Bonchev–Trinajstić information content (AvgIpc) is 2.15. The van der Waals surface area contributed by atoms with Gasteiger partial charge in [-0.05, 0) is 25.5 Å². The summed E-state index contributed by atoms with van der Waals surface area (Å²) in [5, 5.41) is 4.20. The summed E-state index contributed by atoms with van der Waals surface area (Å²) < 4.78 is 0.